The van der Waals surface area contributed by atoms with Gasteiger partial charge in [0.15, 0.2) is 11.5 Å². The number of nitrogens with one attached hydrogen (secondary N) is 1. The number of imidazole rings is 1. The van der Waals surface area contributed by atoms with Crippen LogP contribution in [0.5, 0.6) is 0 Å². The first kappa shape index (κ1) is 15.1. The van der Waals surface area contributed by atoms with Crippen molar-refractivity contribution in [1.29, 1.82) is 0 Å². The predicted molar refractivity (Wildman–Crippen MR) is 95.6 cm³/mol. The first-order chi connectivity index (χ1) is 12.2. The second-order valence-electron chi connectivity index (χ2n) is 5.50. The Morgan fingerprint density at radius 1 is 1.04 bits per heavy atom. The van der Waals surface area contributed by atoms with E-state index in [9.17, 15) is 4.39 Å². The number of nitrogen functional groups attached to an aromatic ring is 1. The number of halogens is 1. The van der Waals surface area contributed by atoms with Gasteiger partial charge in [0.25, 0.3) is 0 Å². The Hall–Kier alpha value is -3.48. The lowest BCUT2D eigenvalue weighted by molar-refractivity contribution is 0.628. The third-order valence-corrected chi connectivity index (χ3v) is 3.97. The van der Waals surface area contributed by atoms with Gasteiger partial charge >= 0.3 is 0 Å². The monoisotopic (exact) mass is 334 g/mol. The van der Waals surface area contributed by atoms with E-state index < -0.39 is 0 Å². The predicted octanol–water partition coefficient (Wildman–Crippen LogP) is 3.22. The molecule has 0 aliphatic carbocycles. The Morgan fingerprint density at radius 2 is 1.84 bits per heavy atom. The summed E-state index contributed by atoms with van der Waals surface area (Å²) in [6.07, 6.45) is 5.22. The minimum atomic E-state index is -0.302. The summed E-state index contributed by atoms with van der Waals surface area (Å²) in [5.41, 5.74) is 9.78. The Balaban J connectivity index is 2.06. The molecule has 0 unspecified atom stereocenters. The van der Waals surface area contributed by atoms with Crippen molar-refractivity contribution in [3.63, 3.8) is 0 Å². The van der Waals surface area contributed by atoms with Gasteiger partial charge in [-0.05, 0) is 36.4 Å². The van der Waals surface area contributed by atoms with Crippen molar-refractivity contribution in [2.24, 2.45) is 0 Å². The maximum absolute atomic E-state index is 13.3. The fourth-order valence-corrected chi connectivity index (χ4v) is 2.81. The van der Waals surface area contributed by atoms with Gasteiger partial charge in [0.1, 0.15) is 11.6 Å². The van der Waals surface area contributed by atoms with E-state index in [0.717, 1.165) is 22.6 Å². The smallest absolute Gasteiger partial charge is 0.180 e. The van der Waals surface area contributed by atoms with Crippen LogP contribution in [0.4, 0.5) is 16.0 Å². The molecule has 0 aliphatic rings. The van der Waals surface area contributed by atoms with E-state index in [1.165, 1.54) is 12.1 Å². The number of fused-ring (bicyclic) bond motifs is 1. The molecule has 7 heteroatoms. The number of pyridine rings is 1. The summed E-state index contributed by atoms with van der Waals surface area (Å²) >= 11 is 0. The molecule has 0 spiro atoms. The van der Waals surface area contributed by atoms with Gasteiger partial charge in [0.05, 0.1) is 11.4 Å². The minimum absolute atomic E-state index is 0.302. The van der Waals surface area contributed by atoms with Crippen molar-refractivity contribution >= 4 is 17.3 Å². The van der Waals surface area contributed by atoms with Crippen LogP contribution in [-0.4, -0.2) is 26.4 Å². The lowest BCUT2D eigenvalue weighted by Crippen LogP contribution is -2.04. The number of nitrogens with zero attached hydrogens (tertiary/aromatic N) is 4. The number of aromatic nitrogens is 4. The van der Waals surface area contributed by atoms with E-state index in [4.69, 9.17) is 5.73 Å². The molecular weight excluding hydrogens is 319 g/mol. The number of benzene rings is 1. The Labute approximate surface area is 143 Å². The molecule has 3 N–H and O–H groups in total. The van der Waals surface area contributed by atoms with Crippen LogP contribution in [0.15, 0.2) is 55.0 Å². The molecule has 25 heavy (non-hydrogen) atoms. The van der Waals surface area contributed by atoms with Crippen LogP contribution >= 0.6 is 0 Å². The lowest BCUT2D eigenvalue weighted by Gasteiger charge is -2.14. The molecule has 3 heterocycles. The van der Waals surface area contributed by atoms with Gasteiger partial charge in [0.2, 0.25) is 0 Å². The van der Waals surface area contributed by atoms with Crippen molar-refractivity contribution < 1.29 is 4.39 Å². The van der Waals surface area contributed by atoms with Gasteiger partial charge in [-0.2, -0.15) is 0 Å². The molecule has 0 fully saturated rings. The first-order valence-electron chi connectivity index (χ1n) is 7.70. The van der Waals surface area contributed by atoms with Crippen LogP contribution in [0.2, 0.25) is 0 Å². The van der Waals surface area contributed by atoms with E-state index in [-0.39, 0.29) is 5.82 Å². The molecule has 4 rings (SSSR count). The zero-order valence-corrected chi connectivity index (χ0v) is 13.4. The molecular formula is C18H15FN6. The average Bonchev–Trinajstić information content (AvgIpc) is 3.12. The molecule has 0 atom stereocenters. The molecule has 0 saturated carbocycles. The van der Waals surface area contributed by atoms with Crippen molar-refractivity contribution in [1.82, 2.24) is 19.4 Å². The van der Waals surface area contributed by atoms with Gasteiger partial charge in [-0.25, -0.2) is 19.3 Å². The van der Waals surface area contributed by atoms with Crippen molar-refractivity contribution in [3.8, 4) is 22.5 Å². The van der Waals surface area contributed by atoms with E-state index in [2.05, 4.69) is 20.3 Å². The largest absolute Gasteiger partial charge is 0.381 e. The number of anilines is 2. The summed E-state index contributed by atoms with van der Waals surface area (Å²) in [5.74, 6) is 0.743. The van der Waals surface area contributed by atoms with Gasteiger partial charge in [-0.15, -0.1) is 0 Å². The molecule has 3 aromatic heterocycles. The SMILES string of the molecule is CNc1cc(-c2c(-c3ccc(F)cc3)nc(N)c3nccn23)ccn1. The molecule has 0 aliphatic heterocycles. The maximum Gasteiger partial charge on any atom is 0.180 e. The zero-order chi connectivity index (χ0) is 17.4. The molecule has 0 amide bonds. The second kappa shape index (κ2) is 5.86. The minimum Gasteiger partial charge on any atom is -0.381 e. The lowest BCUT2D eigenvalue weighted by atomic mass is 10.0. The van der Waals surface area contributed by atoms with E-state index in [1.54, 1.807) is 31.6 Å². The molecule has 0 radical (unpaired) electrons. The fourth-order valence-electron chi connectivity index (χ4n) is 2.81. The molecule has 124 valence electrons. The highest BCUT2D eigenvalue weighted by Gasteiger charge is 2.17. The van der Waals surface area contributed by atoms with Gasteiger partial charge in [-0.3, -0.25) is 4.40 Å². The quantitative estimate of drug-likeness (QED) is 0.601. The number of nitrogens with two attached hydrogens (primary N) is 1. The average molecular weight is 334 g/mol. The maximum atomic E-state index is 13.3. The van der Waals surface area contributed by atoms with Crippen LogP contribution in [0.1, 0.15) is 0 Å². The van der Waals surface area contributed by atoms with Crippen LogP contribution < -0.4 is 11.1 Å². The van der Waals surface area contributed by atoms with E-state index >= 15 is 0 Å². The molecule has 0 saturated heterocycles. The summed E-state index contributed by atoms with van der Waals surface area (Å²) in [7, 11) is 1.81. The Kier molecular flexibility index (Phi) is 3.53. The summed E-state index contributed by atoms with van der Waals surface area (Å²) in [5, 5.41) is 3.03. The van der Waals surface area contributed by atoms with Crippen LogP contribution in [0.25, 0.3) is 28.2 Å². The summed E-state index contributed by atoms with van der Waals surface area (Å²) in [6, 6.07) is 9.98. The normalized spacial score (nSPS) is 11.0. The number of rotatable bonds is 3. The van der Waals surface area contributed by atoms with Crippen molar-refractivity contribution in [3.05, 3.63) is 60.8 Å². The summed E-state index contributed by atoms with van der Waals surface area (Å²) in [6.45, 7) is 0. The standard InChI is InChI=1S/C18H15FN6/c1-21-14-10-12(6-7-22-14)16-15(11-2-4-13(19)5-3-11)24-17(20)18-23-8-9-25(16)18/h2-10H,1H3,(H2,20,24)(H,21,22). The third kappa shape index (κ3) is 2.55. The highest BCUT2D eigenvalue weighted by molar-refractivity contribution is 5.83. The molecule has 6 nitrogen and oxygen atoms in total. The van der Waals surface area contributed by atoms with Crippen LogP contribution in [0.3, 0.4) is 0 Å². The van der Waals surface area contributed by atoms with Crippen LogP contribution in [0, 0.1) is 5.82 Å². The van der Waals surface area contributed by atoms with E-state index in [1.807, 2.05) is 22.7 Å². The molecule has 0 bridgehead atoms. The Morgan fingerprint density at radius 3 is 2.60 bits per heavy atom. The van der Waals surface area contributed by atoms with Crippen LogP contribution in [-0.2, 0) is 0 Å². The number of hydrogen-bond donors (Lipinski definition) is 2. The second-order valence-corrected chi connectivity index (χ2v) is 5.50. The summed E-state index contributed by atoms with van der Waals surface area (Å²) < 4.78 is 15.2. The molecule has 1 aromatic carbocycles. The van der Waals surface area contributed by atoms with Crippen molar-refractivity contribution in [2.45, 2.75) is 0 Å². The number of hydrogen-bond acceptors (Lipinski definition) is 5. The van der Waals surface area contributed by atoms with Crippen molar-refractivity contribution in [2.75, 3.05) is 18.1 Å². The van der Waals surface area contributed by atoms with Gasteiger partial charge in [-0.1, -0.05) is 0 Å². The third-order valence-electron chi connectivity index (χ3n) is 3.97. The summed E-state index contributed by atoms with van der Waals surface area (Å²) in [4.78, 5) is 13.1. The highest BCUT2D eigenvalue weighted by atomic mass is 19.1. The first-order valence-corrected chi connectivity index (χ1v) is 7.70. The fraction of sp³-hybridized carbons (Fsp3) is 0.0556. The topological polar surface area (TPSA) is 81.1 Å². The van der Waals surface area contributed by atoms with Gasteiger partial charge < -0.3 is 11.1 Å². The highest BCUT2D eigenvalue weighted by Crippen LogP contribution is 2.33. The van der Waals surface area contributed by atoms with E-state index in [0.29, 0.717) is 17.2 Å². The Bertz CT molecular complexity index is 1060. The van der Waals surface area contributed by atoms with Gasteiger partial charge in [0, 0.05) is 36.8 Å². The zero-order valence-electron chi connectivity index (χ0n) is 13.4. The molecule has 4 aromatic rings.